The monoisotopic (exact) mass is 318 g/mol. The smallest absolute Gasteiger partial charge is 0.310 e. The Bertz CT molecular complexity index is 618. The van der Waals surface area contributed by atoms with Gasteiger partial charge < -0.3 is 14.6 Å². The minimum absolute atomic E-state index is 0.0333. The highest BCUT2D eigenvalue weighted by molar-refractivity contribution is 6.02. The highest BCUT2D eigenvalue weighted by atomic mass is 16.5. The summed E-state index contributed by atoms with van der Waals surface area (Å²) in [7, 11) is 0. The lowest BCUT2D eigenvalue weighted by molar-refractivity contribution is -0.142. The first-order chi connectivity index (χ1) is 11.0. The Kier molecular flexibility index (Phi) is 5.79. The van der Waals surface area contributed by atoms with E-state index in [0.717, 1.165) is 12.8 Å². The minimum Gasteiger partial charge on any atom is -0.508 e. The van der Waals surface area contributed by atoms with Crippen molar-refractivity contribution in [3.63, 3.8) is 0 Å². The van der Waals surface area contributed by atoms with Crippen LogP contribution in [0.4, 0.5) is 0 Å². The first kappa shape index (κ1) is 17.1. The molecule has 0 radical (unpaired) electrons. The molecule has 1 aliphatic rings. The molecule has 0 amide bonds. The normalized spacial score (nSPS) is 17.0. The Morgan fingerprint density at radius 2 is 2.22 bits per heavy atom. The van der Waals surface area contributed by atoms with E-state index < -0.39 is 5.97 Å². The number of phenolic OH excluding ortho intramolecular Hbond substituents is 1. The second-order valence-corrected chi connectivity index (χ2v) is 5.46. The summed E-state index contributed by atoms with van der Waals surface area (Å²) < 4.78 is 10.7. The minimum atomic E-state index is -0.432. The molecule has 1 heterocycles. The highest BCUT2D eigenvalue weighted by Gasteiger charge is 2.29. The van der Waals surface area contributed by atoms with Crippen LogP contribution in [0.3, 0.4) is 0 Å². The van der Waals surface area contributed by atoms with Crippen molar-refractivity contribution in [1.82, 2.24) is 0 Å². The Morgan fingerprint density at radius 3 is 2.91 bits per heavy atom. The standard InChI is InChI=1S/C18H22O5/c1-3-5-6-7-14-11-15(20)18-12(9-17(21)22-4-2)8-13(19)10-16(18)23-14/h6-8,10,14,19H,3-5,9,11H2,1-2H3/t14-/m1/s1. The van der Waals surface area contributed by atoms with E-state index in [1.54, 1.807) is 6.92 Å². The zero-order chi connectivity index (χ0) is 16.8. The van der Waals surface area contributed by atoms with E-state index in [4.69, 9.17) is 9.47 Å². The molecule has 5 nitrogen and oxygen atoms in total. The van der Waals surface area contributed by atoms with Crippen molar-refractivity contribution in [1.29, 1.82) is 0 Å². The Labute approximate surface area is 135 Å². The molecule has 2 rings (SSSR count). The van der Waals surface area contributed by atoms with Gasteiger partial charge in [-0.25, -0.2) is 0 Å². The van der Waals surface area contributed by atoms with E-state index in [9.17, 15) is 14.7 Å². The number of benzene rings is 1. The fraction of sp³-hybridized carbons (Fsp3) is 0.444. The van der Waals surface area contributed by atoms with Crippen LogP contribution in [0, 0.1) is 0 Å². The van der Waals surface area contributed by atoms with Gasteiger partial charge in [-0.2, -0.15) is 0 Å². The quantitative estimate of drug-likeness (QED) is 0.644. The van der Waals surface area contributed by atoms with Crippen LogP contribution in [0.1, 0.15) is 49.0 Å². The molecule has 0 unspecified atom stereocenters. The SMILES string of the molecule is CCCC=C[C@@H]1CC(=O)c2c(CC(=O)OCC)cc(O)cc2O1. The summed E-state index contributed by atoms with van der Waals surface area (Å²) in [5.74, 6) is -0.226. The molecule has 0 saturated heterocycles. The molecule has 5 heteroatoms. The molecule has 0 aromatic heterocycles. The van der Waals surface area contributed by atoms with Crippen LogP contribution < -0.4 is 4.74 Å². The summed E-state index contributed by atoms with van der Waals surface area (Å²) in [5, 5.41) is 9.84. The third-order valence-electron chi connectivity index (χ3n) is 3.56. The molecule has 1 aliphatic heterocycles. The number of aromatic hydroxyl groups is 1. The average Bonchev–Trinajstić information content (AvgIpc) is 2.46. The lowest BCUT2D eigenvalue weighted by Crippen LogP contribution is -2.26. The number of fused-ring (bicyclic) bond motifs is 1. The second kappa shape index (κ2) is 7.81. The first-order valence-electron chi connectivity index (χ1n) is 7.93. The molecule has 0 aliphatic carbocycles. The van der Waals surface area contributed by atoms with Crippen molar-refractivity contribution in [2.75, 3.05) is 6.61 Å². The number of esters is 1. The van der Waals surface area contributed by atoms with Crippen molar-refractivity contribution >= 4 is 11.8 Å². The topological polar surface area (TPSA) is 72.8 Å². The third-order valence-corrected chi connectivity index (χ3v) is 3.56. The number of Topliss-reactive ketones (excluding diaryl/α,β-unsaturated/α-hetero) is 1. The molecule has 124 valence electrons. The van der Waals surface area contributed by atoms with E-state index in [1.807, 2.05) is 12.2 Å². The summed E-state index contributed by atoms with van der Waals surface area (Å²) in [4.78, 5) is 24.1. The number of ether oxygens (including phenoxy) is 2. The maximum absolute atomic E-state index is 12.5. The number of phenols is 1. The van der Waals surface area contributed by atoms with Crippen molar-refractivity contribution < 1.29 is 24.2 Å². The van der Waals surface area contributed by atoms with Crippen LogP contribution in [0.15, 0.2) is 24.3 Å². The predicted octanol–water partition coefficient (Wildman–Crippen LogP) is 3.19. The van der Waals surface area contributed by atoms with Crippen LogP contribution in [0.5, 0.6) is 11.5 Å². The summed E-state index contributed by atoms with van der Waals surface area (Å²) in [6.45, 7) is 4.07. The summed E-state index contributed by atoms with van der Waals surface area (Å²) >= 11 is 0. The van der Waals surface area contributed by atoms with Gasteiger partial charge in [-0.3, -0.25) is 9.59 Å². The zero-order valence-electron chi connectivity index (χ0n) is 13.5. The van der Waals surface area contributed by atoms with Gasteiger partial charge in [-0.1, -0.05) is 19.4 Å². The molecule has 1 atom stereocenters. The highest BCUT2D eigenvalue weighted by Crippen LogP contribution is 2.35. The fourth-order valence-corrected chi connectivity index (χ4v) is 2.58. The summed E-state index contributed by atoms with van der Waals surface area (Å²) in [6, 6.07) is 2.84. The van der Waals surface area contributed by atoms with E-state index >= 15 is 0 Å². The number of carbonyl (C=O) groups excluding carboxylic acids is 2. The summed E-state index contributed by atoms with van der Waals surface area (Å²) in [6.07, 6.45) is 5.65. The zero-order valence-corrected chi connectivity index (χ0v) is 13.5. The molecule has 0 spiro atoms. The van der Waals surface area contributed by atoms with Gasteiger partial charge in [0.2, 0.25) is 0 Å². The molecule has 23 heavy (non-hydrogen) atoms. The van der Waals surface area contributed by atoms with Gasteiger partial charge in [0, 0.05) is 6.07 Å². The number of hydrogen-bond donors (Lipinski definition) is 1. The van der Waals surface area contributed by atoms with Crippen LogP contribution >= 0.6 is 0 Å². The average molecular weight is 318 g/mol. The van der Waals surface area contributed by atoms with Gasteiger partial charge in [0.25, 0.3) is 0 Å². The molecule has 1 aromatic rings. The van der Waals surface area contributed by atoms with Gasteiger partial charge in [0.15, 0.2) is 5.78 Å². The van der Waals surface area contributed by atoms with E-state index in [1.165, 1.54) is 12.1 Å². The van der Waals surface area contributed by atoms with Gasteiger partial charge in [0.05, 0.1) is 25.0 Å². The lowest BCUT2D eigenvalue weighted by atomic mass is 9.93. The van der Waals surface area contributed by atoms with Gasteiger partial charge in [-0.15, -0.1) is 0 Å². The van der Waals surface area contributed by atoms with Crippen LogP contribution in [-0.4, -0.2) is 29.6 Å². The Morgan fingerprint density at radius 1 is 1.43 bits per heavy atom. The first-order valence-corrected chi connectivity index (χ1v) is 7.93. The third kappa shape index (κ3) is 4.34. The number of carbonyl (C=O) groups is 2. The largest absolute Gasteiger partial charge is 0.508 e. The van der Waals surface area contributed by atoms with Crippen LogP contribution in [0.25, 0.3) is 0 Å². The van der Waals surface area contributed by atoms with Crippen LogP contribution in [-0.2, 0) is 16.0 Å². The molecule has 1 aromatic carbocycles. The van der Waals surface area contributed by atoms with Crippen LogP contribution in [0.2, 0.25) is 0 Å². The molecule has 0 saturated carbocycles. The number of ketones is 1. The molecule has 1 N–H and O–H groups in total. The number of hydrogen-bond acceptors (Lipinski definition) is 5. The second-order valence-electron chi connectivity index (χ2n) is 5.46. The van der Waals surface area contributed by atoms with Crippen molar-refractivity contribution in [2.45, 2.75) is 45.6 Å². The molecular formula is C18H22O5. The number of allylic oxidation sites excluding steroid dienone is 1. The fourth-order valence-electron chi connectivity index (χ4n) is 2.58. The van der Waals surface area contributed by atoms with Crippen molar-refractivity contribution in [2.24, 2.45) is 0 Å². The maximum Gasteiger partial charge on any atom is 0.310 e. The van der Waals surface area contributed by atoms with E-state index in [2.05, 4.69) is 6.92 Å². The van der Waals surface area contributed by atoms with E-state index in [0.29, 0.717) is 16.9 Å². The molecule has 0 bridgehead atoms. The number of unbranched alkanes of at least 4 members (excludes halogenated alkanes) is 1. The van der Waals surface area contributed by atoms with Crippen molar-refractivity contribution in [3.05, 3.63) is 35.4 Å². The number of rotatable bonds is 6. The van der Waals surface area contributed by atoms with E-state index in [-0.39, 0.29) is 37.1 Å². The molecule has 0 fully saturated rings. The van der Waals surface area contributed by atoms with Gasteiger partial charge in [-0.05, 0) is 31.1 Å². The van der Waals surface area contributed by atoms with Crippen molar-refractivity contribution in [3.8, 4) is 11.5 Å². The Hall–Kier alpha value is -2.30. The van der Waals surface area contributed by atoms with Gasteiger partial charge >= 0.3 is 5.97 Å². The van der Waals surface area contributed by atoms with Gasteiger partial charge in [0.1, 0.15) is 17.6 Å². The summed E-state index contributed by atoms with van der Waals surface area (Å²) in [5.41, 5.74) is 0.815. The molecular weight excluding hydrogens is 296 g/mol. The predicted molar refractivity (Wildman–Crippen MR) is 85.9 cm³/mol. The Balaban J connectivity index is 2.27. The lowest BCUT2D eigenvalue weighted by Gasteiger charge is -2.25. The maximum atomic E-state index is 12.5.